The molecule has 0 spiro atoms. The van der Waals surface area contributed by atoms with Gasteiger partial charge >= 0.3 is 12.1 Å². The van der Waals surface area contributed by atoms with Gasteiger partial charge in [-0.25, -0.2) is 4.79 Å². The van der Waals surface area contributed by atoms with E-state index in [4.69, 9.17) is 9.84 Å². The highest BCUT2D eigenvalue weighted by Gasteiger charge is 2.13. The predicted molar refractivity (Wildman–Crippen MR) is 51.0 cm³/mol. The predicted octanol–water partition coefficient (Wildman–Crippen LogP) is 1.11. The van der Waals surface area contributed by atoms with Crippen LogP contribution < -0.4 is 0 Å². The van der Waals surface area contributed by atoms with Crippen molar-refractivity contribution >= 4 is 12.1 Å². The van der Waals surface area contributed by atoms with Crippen LogP contribution in [0.15, 0.2) is 12.7 Å². The molecule has 0 aliphatic carbocycles. The van der Waals surface area contributed by atoms with Gasteiger partial charge in [0, 0.05) is 13.1 Å². The average Bonchev–Trinajstić information content (AvgIpc) is 2.12. The maximum atomic E-state index is 11.2. The molecule has 0 unspecified atom stereocenters. The Morgan fingerprint density at radius 3 is 2.64 bits per heavy atom. The third-order valence-electron chi connectivity index (χ3n) is 1.47. The molecule has 0 fully saturated rings. The SMILES string of the molecule is C=CCN(CCC(=O)O)C(=O)OCC. The number of rotatable bonds is 6. The first kappa shape index (κ1) is 12.5. The summed E-state index contributed by atoms with van der Waals surface area (Å²) in [5.41, 5.74) is 0. The van der Waals surface area contributed by atoms with Gasteiger partial charge in [-0.2, -0.15) is 0 Å². The van der Waals surface area contributed by atoms with E-state index >= 15 is 0 Å². The second-order valence-corrected chi connectivity index (χ2v) is 2.58. The maximum Gasteiger partial charge on any atom is 0.410 e. The molecule has 0 bridgehead atoms. The molecule has 80 valence electrons. The van der Waals surface area contributed by atoms with Gasteiger partial charge in [0.2, 0.25) is 0 Å². The van der Waals surface area contributed by atoms with Crippen LogP contribution in [0.3, 0.4) is 0 Å². The quantitative estimate of drug-likeness (QED) is 0.653. The monoisotopic (exact) mass is 201 g/mol. The molecule has 0 rings (SSSR count). The fraction of sp³-hybridized carbons (Fsp3) is 0.556. The molecule has 14 heavy (non-hydrogen) atoms. The summed E-state index contributed by atoms with van der Waals surface area (Å²) in [4.78, 5) is 22.8. The molecule has 0 aliphatic rings. The number of ether oxygens (including phenoxy) is 1. The van der Waals surface area contributed by atoms with Crippen LogP contribution in [0.25, 0.3) is 0 Å². The van der Waals surface area contributed by atoms with Crippen molar-refractivity contribution in [2.75, 3.05) is 19.7 Å². The number of nitrogens with zero attached hydrogens (tertiary/aromatic N) is 1. The molecule has 1 N–H and O–H groups in total. The van der Waals surface area contributed by atoms with Crippen molar-refractivity contribution in [1.82, 2.24) is 4.90 Å². The Morgan fingerprint density at radius 1 is 1.57 bits per heavy atom. The summed E-state index contributed by atoms with van der Waals surface area (Å²) in [5, 5.41) is 8.44. The highest BCUT2D eigenvalue weighted by molar-refractivity contribution is 5.70. The molecule has 5 heteroatoms. The number of carboxylic acids is 1. The average molecular weight is 201 g/mol. The molecule has 0 aromatic heterocycles. The molecule has 0 aliphatic heterocycles. The van der Waals surface area contributed by atoms with E-state index in [1.165, 1.54) is 11.0 Å². The highest BCUT2D eigenvalue weighted by Crippen LogP contribution is 1.96. The zero-order valence-corrected chi connectivity index (χ0v) is 8.23. The Morgan fingerprint density at radius 2 is 2.21 bits per heavy atom. The van der Waals surface area contributed by atoms with Gasteiger partial charge in [-0.3, -0.25) is 4.79 Å². The number of aliphatic carboxylic acids is 1. The molecule has 0 aromatic carbocycles. The lowest BCUT2D eigenvalue weighted by atomic mass is 10.4. The summed E-state index contributed by atoms with van der Waals surface area (Å²) in [7, 11) is 0. The normalized spacial score (nSPS) is 9.21. The van der Waals surface area contributed by atoms with E-state index in [0.29, 0.717) is 6.54 Å². The van der Waals surface area contributed by atoms with Crippen molar-refractivity contribution in [3.8, 4) is 0 Å². The number of carbonyl (C=O) groups excluding carboxylic acids is 1. The zero-order chi connectivity index (χ0) is 11.0. The van der Waals surface area contributed by atoms with Gasteiger partial charge in [0.05, 0.1) is 13.0 Å². The van der Waals surface area contributed by atoms with Gasteiger partial charge in [-0.15, -0.1) is 6.58 Å². The van der Waals surface area contributed by atoms with Crippen LogP contribution in [-0.2, 0) is 9.53 Å². The van der Waals surface area contributed by atoms with Crippen LogP contribution in [0.4, 0.5) is 4.79 Å². The van der Waals surface area contributed by atoms with Gasteiger partial charge in [0.1, 0.15) is 0 Å². The number of amides is 1. The second-order valence-electron chi connectivity index (χ2n) is 2.58. The summed E-state index contributed by atoms with van der Waals surface area (Å²) >= 11 is 0. The first-order valence-corrected chi connectivity index (χ1v) is 4.36. The van der Waals surface area contributed by atoms with E-state index in [1.54, 1.807) is 6.92 Å². The van der Waals surface area contributed by atoms with Crippen LogP contribution in [0.1, 0.15) is 13.3 Å². The van der Waals surface area contributed by atoms with Crippen LogP contribution >= 0.6 is 0 Å². The van der Waals surface area contributed by atoms with E-state index in [9.17, 15) is 9.59 Å². The first-order chi connectivity index (χ1) is 6.61. The Kier molecular flexibility index (Phi) is 6.19. The molecular weight excluding hydrogens is 186 g/mol. The third-order valence-corrected chi connectivity index (χ3v) is 1.47. The fourth-order valence-corrected chi connectivity index (χ4v) is 0.858. The van der Waals surface area contributed by atoms with Crippen LogP contribution in [0.5, 0.6) is 0 Å². The maximum absolute atomic E-state index is 11.2. The van der Waals surface area contributed by atoms with E-state index in [2.05, 4.69) is 6.58 Å². The summed E-state index contributed by atoms with van der Waals surface area (Å²) in [6, 6.07) is 0. The van der Waals surface area contributed by atoms with Crippen molar-refractivity contribution in [3.05, 3.63) is 12.7 Å². The minimum atomic E-state index is -0.941. The fourth-order valence-electron chi connectivity index (χ4n) is 0.858. The van der Waals surface area contributed by atoms with Crippen LogP contribution in [0.2, 0.25) is 0 Å². The minimum Gasteiger partial charge on any atom is -0.481 e. The smallest absolute Gasteiger partial charge is 0.410 e. The van der Waals surface area contributed by atoms with Gasteiger partial charge in [-0.05, 0) is 6.92 Å². The molecule has 1 amide bonds. The largest absolute Gasteiger partial charge is 0.481 e. The molecule has 0 radical (unpaired) electrons. The van der Waals surface area contributed by atoms with Gasteiger partial charge < -0.3 is 14.7 Å². The van der Waals surface area contributed by atoms with E-state index < -0.39 is 12.1 Å². The topological polar surface area (TPSA) is 66.8 Å². The molecule has 0 saturated heterocycles. The van der Waals surface area contributed by atoms with Crippen LogP contribution in [-0.4, -0.2) is 41.8 Å². The van der Waals surface area contributed by atoms with Crippen LogP contribution in [0, 0.1) is 0 Å². The zero-order valence-electron chi connectivity index (χ0n) is 8.23. The Labute approximate surface area is 83.0 Å². The molecular formula is C9H15NO4. The highest BCUT2D eigenvalue weighted by atomic mass is 16.6. The molecule has 0 saturated carbocycles. The lowest BCUT2D eigenvalue weighted by Gasteiger charge is -2.18. The molecule has 5 nitrogen and oxygen atoms in total. The number of hydrogen-bond acceptors (Lipinski definition) is 3. The number of hydrogen-bond donors (Lipinski definition) is 1. The first-order valence-electron chi connectivity index (χ1n) is 4.36. The van der Waals surface area contributed by atoms with Crippen molar-refractivity contribution < 1.29 is 19.4 Å². The minimum absolute atomic E-state index is 0.0906. The lowest BCUT2D eigenvalue weighted by Crippen LogP contribution is -2.33. The van der Waals surface area contributed by atoms with Gasteiger partial charge in [-0.1, -0.05) is 6.08 Å². The summed E-state index contributed by atoms with van der Waals surface area (Å²) < 4.78 is 4.74. The summed E-state index contributed by atoms with van der Waals surface area (Å²) in [6.45, 7) is 5.88. The van der Waals surface area contributed by atoms with Gasteiger partial charge in [0.25, 0.3) is 0 Å². The van der Waals surface area contributed by atoms with Crippen molar-refractivity contribution in [1.29, 1.82) is 0 Å². The molecule has 0 atom stereocenters. The molecule has 0 heterocycles. The number of carboxylic acid groups (broad SMARTS) is 1. The summed E-state index contributed by atoms with van der Waals surface area (Å²) in [6.07, 6.45) is 0.930. The Bertz CT molecular complexity index is 215. The van der Waals surface area contributed by atoms with Gasteiger partial charge in [0.15, 0.2) is 0 Å². The van der Waals surface area contributed by atoms with E-state index in [-0.39, 0.29) is 19.6 Å². The second kappa shape index (κ2) is 6.94. The lowest BCUT2D eigenvalue weighted by molar-refractivity contribution is -0.137. The molecule has 0 aromatic rings. The third kappa shape index (κ3) is 5.18. The van der Waals surface area contributed by atoms with Crippen molar-refractivity contribution in [3.63, 3.8) is 0 Å². The Hall–Kier alpha value is -1.52. The van der Waals surface area contributed by atoms with Crippen molar-refractivity contribution in [2.24, 2.45) is 0 Å². The number of carbonyl (C=O) groups is 2. The van der Waals surface area contributed by atoms with E-state index in [0.717, 1.165) is 0 Å². The van der Waals surface area contributed by atoms with Crippen molar-refractivity contribution in [2.45, 2.75) is 13.3 Å². The van der Waals surface area contributed by atoms with E-state index in [1.807, 2.05) is 0 Å². The standard InChI is InChI=1S/C9H15NO4/c1-3-6-10(7-5-8(11)12)9(13)14-4-2/h3H,1,4-7H2,2H3,(H,11,12). The summed E-state index contributed by atoms with van der Waals surface area (Å²) in [5.74, 6) is -0.941. The Balaban J connectivity index is 4.05.